The molecule has 0 atom stereocenters. The first-order valence-corrected chi connectivity index (χ1v) is 11.3. The first kappa shape index (κ1) is 18.8. The Morgan fingerprint density at radius 1 is 0.452 bits per heavy atom. The van der Waals surface area contributed by atoms with Crippen LogP contribution >= 0.6 is 0 Å². The number of hydrogen-bond donors (Lipinski definition) is 3. The molecular formula is C28H28O3. The minimum Gasteiger partial charge on any atom is -0.508 e. The first-order chi connectivity index (χ1) is 14.9. The summed E-state index contributed by atoms with van der Waals surface area (Å²) in [5.74, 6) is 1.58. The summed E-state index contributed by atoms with van der Waals surface area (Å²) in [5, 5.41) is 29.7. The Kier molecular flexibility index (Phi) is 3.81. The lowest BCUT2D eigenvalue weighted by atomic mass is 9.36. The molecule has 0 amide bonds. The highest BCUT2D eigenvalue weighted by molar-refractivity contribution is 5.46. The number of hydrogen-bond acceptors (Lipinski definition) is 3. The van der Waals surface area contributed by atoms with Crippen molar-refractivity contribution in [2.75, 3.05) is 0 Å². The van der Waals surface area contributed by atoms with Crippen LogP contribution in [0, 0.1) is 5.92 Å². The Bertz CT molecular complexity index is 960. The van der Waals surface area contributed by atoms with E-state index in [9.17, 15) is 15.3 Å². The average molecular weight is 413 g/mol. The number of rotatable bonds is 3. The van der Waals surface area contributed by atoms with Gasteiger partial charge in [-0.25, -0.2) is 0 Å². The Balaban J connectivity index is 1.54. The monoisotopic (exact) mass is 412 g/mol. The maximum atomic E-state index is 9.90. The lowest BCUT2D eigenvalue weighted by Gasteiger charge is -2.67. The van der Waals surface area contributed by atoms with Crippen molar-refractivity contribution in [1.82, 2.24) is 0 Å². The molecule has 3 aromatic carbocycles. The highest BCUT2D eigenvalue weighted by Crippen LogP contribution is 2.70. The third-order valence-electron chi connectivity index (χ3n) is 8.51. The van der Waals surface area contributed by atoms with E-state index < -0.39 is 0 Å². The van der Waals surface area contributed by atoms with Crippen molar-refractivity contribution in [3.63, 3.8) is 0 Å². The van der Waals surface area contributed by atoms with E-state index in [0.29, 0.717) is 23.2 Å². The molecule has 0 aromatic heterocycles. The summed E-state index contributed by atoms with van der Waals surface area (Å²) in [6.07, 6.45) is 6.88. The van der Waals surface area contributed by atoms with Gasteiger partial charge in [-0.2, -0.15) is 0 Å². The predicted molar refractivity (Wildman–Crippen MR) is 121 cm³/mol. The average Bonchev–Trinajstić information content (AvgIpc) is 2.74. The lowest BCUT2D eigenvalue weighted by molar-refractivity contribution is -0.0493. The molecule has 31 heavy (non-hydrogen) atoms. The Labute approximate surface area is 183 Å². The number of aromatic hydroxyl groups is 3. The van der Waals surface area contributed by atoms with Gasteiger partial charge in [0.1, 0.15) is 17.2 Å². The van der Waals surface area contributed by atoms with Gasteiger partial charge in [-0.3, -0.25) is 0 Å². The van der Waals surface area contributed by atoms with E-state index in [1.807, 2.05) is 36.4 Å². The number of phenolic OH excluding ortho intramolecular Hbond substituents is 3. The van der Waals surface area contributed by atoms with Gasteiger partial charge >= 0.3 is 0 Å². The van der Waals surface area contributed by atoms with E-state index in [0.717, 1.165) is 19.3 Å². The largest absolute Gasteiger partial charge is 0.508 e. The second-order valence-electron chi connectivity index (χ2n) is 10.5. The maximum Gasteiger partial charge on any atom is 0.115 e. The van der Waals surface area contributed by atoms with Crippen molar-refractivity contribution in [3.05, 3.63) is 89.5 Å². The third kappa shape index (κ3) is 2.79. The van der Waals surface area contributed by atoms with Gasteiger partial charge in [0.05, 0.1) is 0 Å². The highest BCUT2D eigenvalue weighted by atomic mass is 16.3. The van der Waals surface area contributed by atoms with Gasteiger partial charge in [0.25, 0.3) is 0 Å². The highest BCUT2D eigenvalue weighted by Gasteiger charge is 2.64. The molecule has 7 rings (SSSR count). The smallest absolute Gasteiger partial charge is 0.115 e. The molecule has 0 aliphatic heterocycles. The van der Waals surface area contributed by atoms with Gasteiger partial charge in [-0.1, -0.05) is 36.4 Å². The fourth-order valence-corrected chi connectivity index (χ4v) is 7.85. The Morgan fingerprint density at radius 2 is 0.710 bits per heavy atom. The second-order valence-corrected chi connectivity index (χ2v) is 10.5. The van der Waals surface area contributed by atoms with Crippen LogP contribution in [0.4, 0.5) is 0 Å². The zero-order valence-corrected chi connectivity index (χ0v) is 17.6. The van der Waals surface area contributed by atoms with Gasteiger partial charge in [-0.05, 0) is 114 Å². The Morgan fingerprint density at radius 3 is 0.968 bits per heavy atom. The molecule has 4 aliphatic rings. The van der Waals surface area contributed by atoms with Crippen LogP contribution in [0.15, 0.2) is 72.8 Å². The van der Waals surface area contributed by atoms with E-state index in [-0.39, 0.29) is 16.2 Å². The van der Waals surface area contributed by atoms with Crippen LogP contribution in [0.25, 0.3) is 0 Å². The molecule has 4 fully saturated rings. The molecular weight excluding hydrogens is 384 g/mol. The zero-order chi connectivity index (χ0) is 21.3. The van der Waals surface area contributed by atoms with Crippen molar-refractivity contribution < 1.29 is 15.3 Å². The van der Waals surface area contributed by atoms with Crippen LogP contribution in [0.1, 0.15) is 55.2 Å². The molecule has 0 heterocycles. The summed E-state index contributed by atoms with van der Waals surface area (Å²) in [6, 6.07) is 23.7. The molecule has 3 heteroatoms. The molecule has 4 bridgehead atoms. The second kappa shape index (κ2) is 6.29. The normalized spacial score (nSPS) is 33.5. The SMILES string of the molecule is Oc1ccc(C23CC4CC(c5ccc(O)cc5)(C2)CC(c2ccc(O)cc2)(C4)C3)cc1. The molecule has 0 saturated heterocycles. The van der Waals surface area contributed by atoms with Gasteiger partial charge < -0.3 is 15.3 Å². The fraction of sp³-hybridized carbons (Fsp3) is 0.357. The van der Waals surface area contributed by atoms with Crippen molar-refractivity contribution in [3.8, 4) is 17.2 Å². The first-order valence-electron chi connectivity index (χ1n) is 11.3. The summed E-state index contributed by atoms with van der Waals surface area (Å²) in [5.41, 5.74) is 4.22. The summed E-state index contributed by atoms with van der Waals surface area (Å²) >= 11 is 0. The molecule has 4 aliphatic carbocycles. The minimum absolute atomic E-state index is 0.0723. The lowest BCUT2D eigenvalue weighted by Crippen LogP contribution is -2.61. The van der Waals surface area contributed by atoms with Gasteiger partial charge in [0.2, 0.25) is 0 Å². The van der Waals surface area contributed by atoms with Crippen LogP contribution in [0.5, 0.6) is 17.2 Å². The van der Waals surface area contributed by atoms with Gasteiger partial charge in [0, 0.05) is 0 Å². The Hall–Kier alpha value is -2.94. The van der Waals surface area contributed by atoms with Crippen LogP contribution in [-0.4, -0.2) is 15.3 Å². The molecule has 4 saturated carbocycles. The molecule has 3 nitrogen and oxygen atoms in total. The molecule has 158 valence electrons. The standard InChI is InChI=1S/C28H28O3/c29-23-7-1-20(2-8-23)26-13-19-14-27(16-26,21-3-9-24(30)10-4-21)18-28(15-19,17-26)22-5-11-25(31)12-6-22/h1-12,19,29-31H,13-18H2. The number of phenols is 3. The summed E-state index contributed by atoms with van der Waals surface area (Å²) in [6.45, 7) is 0. The minimum atomic E-state index is 0.0723. The zero-order valence-electron chi connectivity index (χ0n) is 17.6. The summed E-state index contributed by atoms with van der Waals surface area (Å²) in [4.78, 5) is 0. The van der Waals surface area contributed by atoms with Crippen LogP contribution in [0.3, 0.4) is 0 Å². The van der Waals surface area contributed by atoms with Crippen molar-refractivity contribution in [2.24, 2.45) is 5.92 Å². The van der Waals surface area contributed by atoms with Crippen LogP contribution in [0.2, 0.25) is 0 Å². The summed E-state index contributed by atoms with van der Waals surface area (Å²) in [7, 11) is 0. The molecule has 0 radical (unpaired) electrons. The molecule has 0 spiro atoms. The fourth-order valence-electron chi connectivity index (χ4n) is 7.85. The quantitative estimate of drug-likeness (QED) is 0.501. The van der Waals surface area contributed by atoms with E-state index >= 15 is 0 Å². The van der Waals surface area contributed by atoms with E-state index in [4.69, 9.17) is 0 Å². The van der Waals surface area contributed by atoms with Crippen LogP contribution in [-0.2, 0) is 16.2 Å². The van der Waals surface area contributed by atoms with Crippen LogP contribution < -0.4 is 0 Å². The number of benzene rings is 3. The predicted octanol–water partition coefficient (Wildman–Crippen LogP) is 5.91. The molecule has 3 N–H and O–H groups in total. The van der Waals surface area contributed by atoms with E-state index in [1.54, 1.807) is 0 Å². The molecule has 3 aromatic rings. The third-order valence-corrected chi connectivity index (χ3v) is 8.51. The molecule has 0 unspecified atom stereocenters. The van der Waals surface area contributed by atoms with Gasteiger partial charge in [-0.15, -0.1) is 0 Å². The van der Waals surface area contributed by atoms with E-state index in [2.05, 4.69) is 36.4 Å². The maximum absolute atomic E-state index is 9.90. The van der Waals surface area contributed by atoms with Crippen molar-refractivity contribution >= 4 is 0 Å². The summed E-state index contributed by atoms with van der Waals surface area (Å²) < 4.78 is 0. The van der Waals surface area contributed by atoms with E-state index in [1.165, 1.54) is 36.0 Å². The van der Waals surface area contributed by atoms with Crippen molar-refractivity contribution in [2.45, 2.75) is 54.8 Å². The topological polar surface area (TPSA) is 60.7 Å². The van der Waals surface area contributed by atoms with Gasteiger partial charge in [0.15, 0.2) is 0 Å². The van der Waals surface area contributed by atoms with Crippen molar-refractivity contribution in [1.29, 1.82) is 0 Å².